The number of H-pyrrole nitrogens is 1. The summed E-state index contributed by atoms with van der Waals surface area (Å²) in [7, 11) is 0. The van der Waals surface area contributed by atoms with Crippen molar-refractivity contribution in [2.24, 2.45) is 0 Å². The van der Waals surface area contributed by atoms with E-state index in [0.29, 0.717) is 4.47 Å². The number of rotatable bonds is 1. The van der Waals surface area contributed by atoms with E-state index < -0.39 is 5.56 Å². The molecule has 1 aromatic carbocycles. The first-order valence-electron chi connectivity index (χ1n) is 5.45. The number of aromatic hydroxyl groups is 1. The number of anilines is 1. The van der Waals surface area contributed by atoms with E-state index in [-0.39, 0.29) is 38.8 Å². The van der Waals surface area contributed by atoms with E-state index in [9.17, 15) is 15.2 Å². The van der Waals surface area contributed by atoms with Gasteiger partial charge < -0.3 is 15.8 Å². The van der Waals surface area contributed by atoms with Crippen molar-refractivity contribution in [2.45, 2.75) is 0 Å². The molecule has 8 heteroatoms. The summed E-state index contributed by atoms with van der Waals surface area (Å²) in [5, 5.41) is 28.6. The Balaban J connectivity index is 3.00. The van der Waals surface area contributed by atoms with Crippen molar-refractivity contribution in [1.29, 1.82) is 10.5 Å². The number of halogens is 2. The lowest BCUT2D eigenvalue weighted by molar-refractivity contribution is 0.477. The largest absolute Gasteiger partial charge is 0.507 e. The number of hydrogen-bond donors (Lipinski definition) is 3. The Morgan fingerprint density at radius 2 is 1.90 bits per heavy atom. The predicted molar refractivity (Wildman–Crippen MR) is 80.7 cm³/mol. The number of nitrogens with one attached hydrogen (secondary N) is 1. The minimum absolute atomic E-state index is 0.0480. The molecule has 2 rings (SSSR count). The zero-order chi connectivity index (χ0) is 15.7. The van der Waals surface area contributed by atoms with Crippen molar-refractivity contribution >= 4 is 33.3 Å². The number of nitrogen functional groups attached to an aromatic ring is 1. The molecule has 0 bridgehead atoms. The van der Waals surface area contributed by atoms with Crippen LogP contribution in [0.15, 0.2) is 21.4 Å². The standard InChI is InChI=1S/C13H6BrClN4O2/c14-8-2-10(20)5(1-9(8)15)11-6(3-16)12(18)19-13(21)7(11)4-17/h1-2,20H,(H3,18,19,21). The van der Waals surface area contributed by atoms with Crippen molar-refractivity contribution in [3.05, 3.63) is 43.1 Å². The average molecular weight is 366 g/mol. The molecule has 4 N–H and O–H groups in total. The lowest BCUT2D eigenvalue weighted by Crippen LogP contribution is -2.16. The van der Waals surface area contributed by atoms with Gasteiger partial charge >= 0.3 is 0 Å². The molecule has 0 fully saturated rings. The third kappa shape index (κ3) is 2.45. The Hall–Kier alpha value is -2.48. The summed E-state index contributed by atoms with van der Waals surface area (Å²) in [5.74, 6) is -0.431. The van der Waals surface area contributed by atoms with Gasteiger partial charge in [-0.2, -0.15) is 10.5 Å². The number of nitrogens with two attached hydrogens (primary N) is 1. The van der Waals surface area contributed by atoms with Crippen LogP contribution in [0.3, 0.4) is 0 Å². The first-order chi connectivity index (χ1) is 9.90. The van der Waals surface area contributed by atoms with Gasteiger partial charge in [-0.15, -0.1) is 0 Å². The summed E-state index contributed by atoms with van der Waals surface area (Å²) < 4.78 is 0.431. The quantitative estimate of drug-likeness (QED) is 0.715. The summed E-state index contributed by atoms with van der Waals surface area (Å²) >= 11 is 9.10. The molecule has 0 radical (unpaired) electrons. The Labute approximate surface area is 132 Å². The highest BCUT2D eigenvalue weighted by Crippen LogP contribution is 2.39. The summed E-state index contributed by atoms with van der Waals surface area (Å²) in [6.45, 7) is 0. The maximum atomic E-state index is 11.8. The van der Waals surface area contributed by atoms with E-state index in [2.05, 4.69) is 20.9 Å². The molecule has 0 spiro atoms. The maximum absolute atomic E-state index is 11.8. The third-order valence-corrected chi connectivity index (χ3v) is 3.97. The Morgan fingerprint density at radius 3 is 2.48 bits per heavy atom. The van der Waals surface area contributed by atoms with Gasteiger partial charge in [0.05, 0.1) is 5.02 Å². The number of benzene rings is 1. The molecule has 0 aliphatic rings. The van der Waals surface area contributed by atoms with Gasteiger partial charge in [-0.3, -0.25) is 4.79 Å². The molecule has 2 aromatic rings. The number of nitriles is 2. The molecule has 0 aliphatic heterocycles. The topological polar surface area (TPSA) is 127 Å². The summed E-state index contributed by atoms with van der Waals surface area (Å²) in [4.78, 5) is 14.0. The van der Waals surface area contributed by atoms with Crippen LogP contribution >= 0.6 is 27.5 Å². The van der Waals surface area contributed by atoms with Crippen LogP contribution in [-0.2, 0) is 0 Å². The molecule has 0 unspecified atom stereocenters. The van der Waals surface area contributed by atoms with Gasteiger partial charge in [-0.05, 0) is 28.1 Å². The first kappa shape index (κ1) is 14.9. The van der Waals surface area contributed by atoms with Crippen LogP contribution in [0, 0.1) is 22.7 Å². The highest BCUT2D eigenvalue weighted by molar-refractivity contribution is 9.10. The van der Waals surface area contributed by atoms with E-state index >= 15 is 0 Å². The number of phenolic OH excluding ortho intramolecular Hbond substituents is 1. The lowest BCUT2D eigenvalue weighted by Gasteiger charge is -2.11. The fourth-order valence-corrected chi connectivity index (χ4v) is 2.34. The van der Waals surface area contributed by atoms with Gasteiger partial charge in [0.1, 0.15) is 34.8 Å². The number of nitrogens with zero attached hydrogens (tertiary/aromatic N) is 2. The molecule has 0 saturated heterocycles. The number of hydrogen-bond acceptors (Lipinski definition) is 5. The van der Waals surface area contributed by atoms with Gasteiger partial charge in [-0.1, -0.05) is 11.6 Å². The zero-order valence-corrected chi connectivity index (χ0v) is 12.6. The summed E-state index contributed by atoms with van der Waals surface area (Å²) in [5.41, 5.74) is 4.45. The van der Waals surface area contributed by atoms with Crippen molar-refractivity contribution in [3.8, 4) is 29.0 Å². The normalized spacial score (nSPS) is 9.90. The summed E-state index contributed by atoms with van der Waals surface area (Å²) in [6, 6.07) is 6.17. The van der Waals surface area contributed by atoms with Crippen LogP contribution in [0.2, 0.25) is 5.02 Å². The van der Waals surface area contributed by atoms with Crippen molar-refractivity contribution in [3.63, 3.8) is 0 Å². The molecule has 0 amide bonds. The van der Waals surface area contributed by atoms with Crippen LogP contribution in [-0.4, -0.2) is 10.1 Å². The second-order valence-corrected chi connectivity index (χ2v) is 5.26. The minimum Gasteiger partial charge on any atom is -0.507 e. The second-order valence-electron chi connectivity index (χ2n) is 4.00. The Bertz CT molecular complexity index is 893. The molecule has 21 heavy (non-hydrogen) atoms. The number of aromatic amines is 1. The molecule has 1 heterocycles. The van der Waals surface area contributed by atoms with E-state index in [4.69, 9.17) is 22.6 Å². The van der Waals surface area contributed by atoms with E-state index in [1.165, 1.54) is 12.1 Å². The van der Waals surface area contributed by atoms with Gasteiger partial charge in [0.15, 0.2) is 0 Å². The fourth-order valence-electron chi connectivity index (χ4n) is 1.85. The number of aromatic nitrogens is 1. The first-order valence-corrected chi connectivity index (χ1v) is 6.62. The Kier molecular flexibility index (Phi) is 3.90. The van der Waals surface area contributed by atoms with Crippen LogP contribution in [0.1, 0.15) is 11.1 Å². The predicted octanol–water partition coefficient (Wildman–Crippen LogP) is 2.49. The molecule has 0 aliphatic carbocycles. The van der Waals surface area contributed by atoms with Crippen molar-refractivity contribution in [1.82, 2.24) is 4.98 Å². The molecule has 104 valence electrons. The summed E-state index contributed by atoms with van der Waals surface area (Å²) in [6.07, 6.45) is 0. The monoisotopic (exact) mass is 364 g/mol. The SMILES string of the molecule is N#Cc1c(N)[nH]c(=O)c(C#N)c1-c1cc(Cl)c(Br)cc1O. The van der Waals surface area contributed by atoms with Crippen LogP contribution < -0.4 is 11.3 Å². The second kappa shape index (κ2) is 5.49. The molecule has 6 nitrogen and oxygen atoms in total. The zero-order valence-electron chi connectivity index (χ0n) is 10.2. The fraction of sp³-hybridized carbons (Fsp3) is 0. The van der Waals surface area contributed by atoms with Gasteiger partial charge in [0.25, 0.3) is 5.56 Å². The molecular weight excluding hydrogens is 360 g/mol. The molecule has 0 saturated carbocycles. The Morgan fingerprint density at radius 1 is 1.29 bits per heavy atom. The third-order valence-electron chi connectivity index (χ3n) is 2.78. The van der Waals surface area contributed by atoms with Gasteiger partial charge in [0.2, 0.25) is 0 Å². The van der Waals surface area contributed by atoms with Crippen LogP contribution in [0.4, 0.5) is 5.82 Å². The average Bonchev–Trinajstić information content (AvgIpc) is 2.42. The number of pyridine rings is 1. The van der Waals surface area contributed by atoms with Crippen LogP contribution in [0.5, 0.6) is 5.75 Å². The molecule has 1 aromatic heterocycles. The van der Waals surface area contributed by atoms with E-state index in [0.717, 1.165) is 0 Å². The van der Waals surface area contributed by atoms with E-state index in [1.807, 2.05) is 6.07 Å². The van der Waals surface area contributed by atoms with Crippen molar-refractivity contribution in [2.75, 3.05) is 5.73 Å². The molecular formula is C13H6BrClN4O2. The van der Waals surface area contributed by atoms with Crippen molar-refractivity contribution < 1.29 is 5.11 Å². The lowest BCUT2D eigenvalue weighted by atomic mass is 9.96. The minimum atomic E-state index is -0.748. The van der Waals surface area contributed by atoms with Gasteiger partial charge in [0, 0.05) is 15.6 Å². The highest BCUT2D eigenvalue weighted by atomic mass is 79.9. The smallest absolute Gasteiger partial charge is 0.268 e. The van der Waals surface area contributed by atoms with E-state index in [1.54, 1.807) is 6.07 Å². The maximum Gasteiger partial charge on any atom is 0.268 e. The number of phenols is 1. The van der Waals surface area contributed by atoms with Crippen LogP contribution in [0.25, 0.3) is 11.1 Å². The van der Waals surface area contributed by atoms with Gasteiger partial charge in [-0.25, -0.2) is 0 Å². The molecule has 0 atom stereocenters. The highest BCUT2D eigenvalue weighted by Gasteiger charge is 2.21.